The fourth-order valence-corrected chi connectivity index (χ4v) is 7.26. The first-order chi connectivity index (χ1) is 19.6. The molecule has 41 heavy (non-hydrogen) atoms. The van der Waals surface area contributed by atoms with Gasteiger partial charge in [-0.25, -0.2) is 17.7 Å². The number of hydrogen-bond acceptors (Lipinski definition) is 7. The lowest BCUT2D eigenvalue weighted by atomic mass is 9.88. The Labute approximate surface area is 240 Å². The second-order valence-corrected chi connectivity index (χ2v) is 12.9. The van der Waals surface area contributed by atoms with Gasteiger partial charge < -0.3 is 9.47 Å². The molecule has 3 aromatic rings. The van der Waals surface area contributed by atoms with Crippen LogP contribution in [0.5, 0.6) is 11.5 Å². The maximum Gasteiger partial charge on any atom is 0.331 e. The maximum atomic E-state index is 13.7. The van der Waals surface area contributed by atoms with Gasteiger partial charge in [-0.3, -0.25) is 14.6 Å². The molecule has 0 N–H and O–H groups in total. The first kappa shape index (κ1) is 28.9. The molecule has 3 amide bonds. The second kappa shape index (κ2) is 11.7. The van der Waals surface area contributed by atoms with Crippen molar-refractivity contribution < 1.29 is 27.5 Å². The highest BCUT2D eigenvalue weighted by Gasteiger charge is 2.35. The second-order valence-electron chi connectivity index (χ2n) is 10.7. The highest BCUT2D eigenvalue weighted by Crippen LogP contribution is 2.32. The van der Waals surface area contributed by atoms with Gasteiger partial charge in [-0.2, -0.15) is 9.40 Å². The Balaban J connectivity index is 1.34. The number of imide groups is 1. The number of carbonyl (C=O) groups is 2. The summed E-state index contributed by atoms with van der Waals surface area (Å²) in [5.41, 5.74) is 3.23. The zero-order valence-corrected chi connectivity index (χ0v) is 24.8. The van der Waals surface area contributed by atoms with Crippen LogP contribution in [-0.4, -0.2) is 78.3 Å². The van der Waals surface area contributed by atoms with Gasteiger partial charge >= 0.3 is 6.03 Å². The molecule has 11 nitrogen and oxygen atoms in total. The zero-order valence-electron chi connectivity index (χ0n) is 23.9. The van der Waals surface area contributed by atoms with E-state index in [1.165, 1.54) is 12.0 Å². The standard InChI is InChI=1S/C29H37N5O6S/c1-5-41(37,38)34-13-9-21(14-20(34)2)15-22-8-12-33-25(16-22)26(18-30-33)31-11-10-28(35)32(29(31)36)19-23-6-7-24(39-3)17-27(23)40-4/h6-8,12,16-18,20-21H,5,9-11,13-15,19H2,1-4H3/t20-,21+/m0/s1. The molecule has 2 aromatic heterocycles. The van der Waals surface area contributed by atoms with Crippen LogP contribution in [0.4, 0.5) is 10.5 Å². The lowest BCUT2D eigenvalue weighted by Crippen LogP contribution is -2.52. The molecule has 2 atom stereocenters. The lowest BCUT2D eigenvalue weighted by Gasteiger charge is -2.36. The summed E-state index contributed by atoms with van der Waals surface area (Å²) < 4.78 is 38.9. The van der Waals surface area contributed by atoms with Crippen LogP contribution in [0.1, 0.15) is 44.2 Å². The number of fused-ring (bicyclic) bond motifs is 1. The molecule has 0 spiro atoms. The number of hydrogen-bond donors (Lipinski definition) is 0. The minimum absolute atomic E-state index is 0.0354. The Morgan fingerprint density at radius 2 is 1.88 bits per heavy atom. The number of ether oxygens (including phenoxy) is 2. The molecule has 0 unspecified atom stereocenters. The Hall–Kier alpha value is -3.64. The van der Waals surface area contributed by atoms with Crippen LogP contribution >= 0.6 is 0 Å². The summed E-state index contributed by atoms with van der Waals surface area (Å²) in [7, 11) is -0.0991. The Morgan fingerprint density at radius 3 is 2.59 bits per heavy atom. The highest BCUT2D eigenvalue weighted by atomic mass is 32.2. The molecule has 2 aliphatic heterocycles. The first-order valence-corrected chi connectivity index (χ1v) is 15.5. The van der Waals surface area contributed by atoms with Crippen molar-refractivity contribution in [1.82, 2.24) is 18.8 Å². The molecule has 1 aromatic carbocycles. The highest BCUT2D eigenvalue weighted by molar-refractivity contribution is 7.89. The Kier molecular flexibility index (Phi) is 8.23. The number of piperidine rings is 1. The minimum atomic E-state index is -3.20. The van der Waals surface area contributed by atoms with Crippen LogP contribution in [0.3, 0.4) is 0 Å². The number of amides is 3. The summed E-state index contributed by atoms with van der Waals surface area (Å²) in [6, 6.07) is 8.92. The molecule has 0 aliphatic carbocycles. The molecule has 0 radical (unpaired) electrons. The average Bonchev–Trinajstić information content (AvgIpc) is 3.38. The van der Waals surface area contributed by atoms with Gasteiger partial charge in [0.05, 0.1) is 43.9 Å². The van der Waals surface area contributed by atoms with E-state index in [0.29, 0.717) is 35.2 Å². The van der Waals surface area contributed by atoms with Crippen molar-refractivity contribution in [2.75, 3.05) is 38.0 Å². The van der Waals surface area contributed by atoms with Crippen LogP contribution in [0.25, 0.3) is 5.52 Å². The summed E-state index contributed by atoms with van der Waals surface area (Å²) >= 11 is 0. The number of carbonyl (C=O) groups excluding carboxylic acids is 2. The van der Waals surface area contributed by atoms with Gasteiger partial charge in [0.2, 0.25) is 15.9 Å². The van der Waals surface area contributed by atoms with Crippen LogP contribution in [0, 0.1) is 5.92 Å². The largest absolute Gasteiger partial charge is 0.497 e. The normalized spacial score (nSPS) is 20.6. The molecule has 0 saturated carbocycles. The number of benzene rings is 1. The molecule has 0 bridgehead atoms. The molecular weight excluding hydrogens is 546 g/mol. The number of aromatic nitrogens is 2. The summed E-state index contributed by atoms with van der Waals surface area (Å²) in [6.07, 6.45) is 6.15. The van der Waals surface area contributed by atoms with Crippen molar-refractivity contribution in [2.45, 2.75) is 52.1 Å². The molecular formula is C29H37N5O6S. The molecule has 5 rings (SSSR count). The fourth-order valence-electron chi connectivity index (χ4n) is 5.91. The minimum Gasteiger partial charge on any atom is -0.497 e. The van der Waals surface area contributed by atoms with E-state index in [2.05, 4.69) is 5.10 Å². The molecule has 2 saturated heterocycles. The van der Waals surface area contributed by atoms with E-state index in [4.69, 9.17) is 9.47 Å². The van der Waals surface area contributed by atoms with Crippen LogP contribution in [-0.2, 0) is 27.8 Å². The topological polar surface area (TPSA) is 114 Å². The SMILES string of the molecule is CCS(=O)(=O)N1CC[C@@H](Cc2ccn3ncc(N4CCC(=O)N(Cc5ccc(OC)cc5OC)C4=O)c3c2)C[C@@H]1C. The molecule has 12 heteroatoms. The van der Waals surface area contributed by atoms with Crippen LogP contribution in [0.2, 0.25) is 0 Å². The number of urea groups is 1. The molecule has 4 heterocycles. The number of sulfonamides is 1. The fraction of sp³-hybridized carbons (Fsp3) is 0.483. The predicted octanol–water partition coefficient (Wildman–Crippen LogP) is 3.70. The van der Waals surface area contributed by atoms with Gasteiger partial charge in [0, 0.05) is 43.4 Å². The van der Waals surface area contributed by atoms with Crippen molar-refractivity contribution in [3.63, 3.8) is 0 Å². The summed E-state index contributed by atoms with van der Waals surface area (Å²) in [5.74, 6) is 1.39. The lowest BCUT2D eigenvalue weighted by molar-refractivity contribution is -0.129. The van der Waals surface area contributed by atoms with E-state index in [1.54, 1.807) is 52.2 Å². The monoisotopic (exact) mass is 583 g/mol. The predicted molar refractivity (Wildman–Crippen MR) is 155 cm³/mol. The Morgan fingerprint density at radius 1 is 1.07 bits per heavy atom. The summed E-state index contributed by atoms with van der Waals surface area (Å²) in [4.78, 5) is 29.4. The molecule has 2 fully saturated rings. The van der Waals surface area contributed by atoms with Crippen molar-refractivity contribution >= 4 is 33.2 Å². The van der Waals surface area contributed by atoms with E-state index in [0.717, 1.165) is 30.3 Å². The van der Waals surface area contributed by atoms with E-state index >= 15 is 0 Å². The number of pyridine rings is 1. The third-order valence-corrected chi connectivity index (χ3v) is 10.1. The Bertz CT molecular complexity index is 1550. The van der Waals surface area contributed by atoms with Crippen molar-refractivity contribution in [3.8, 4) is 11.5 Å². The van der Waals surface area contributed by atoms with E-state index in [1.807, 2.05) is 25.3 Å². The molecule has 2 aliphatic rings. The third kappa shape index (κ3) is 5.76. The smallest absolute Gasteiger partial charge is 0.331 e. The van der Waals surface area contributed by atoms with E-state index in [-0.39, 0.29) is 37.2 Å². The quantitative estimate of drug-likeness (QED) is 0.377. The van der Waals surface area contributed by atoms with Gasteiger partial charge in [-0.05, 0) is 68.9 Å². The third-order valence-electron chi connectivity index (χ3n) is 8.16. The van der Waals surface area contributed by atoms with Gasteiger partial charge in [-0.1, -0.05) is 0 Å². The summed E-state index contributed by atoms with van der Waals surface area (Å²) in [5, 5.41) is 4.46. The van der Waals surface area contributed by atoms with Gasteiger partial charge in [0.1, 0.15) is 11.5 Å². The van der Waals surface area contributed by atoms with E-state index < -0.39 is 16.1 Å². The van der Waals surface area contributed by atoms with Crippen LogP contribution < -0.4 is 14.4 Å². The van der Waals surface area contributed by atoms with E-state index in [9.17, 15) is 18.0 Å². The number of nitrogens with zero attached hydrogens (tertiary/aromatic N) is 5. The van der Waals surface area contributed by atoms with Gasteiger partial charge in [0.25, 0.3) is 0 Å². The number of methoxy groups -OCH3 is 2. The first-order valence-electron chi connectivity index (χ1n) is 13.9. The zero-order chi connectivity index (χ0) is 29.3. The van der Waals surface area contributed by atoms with Gasteiger partial charge in [0.15, 0.2) is 0 Å². The summed E-state index contributed by atoms with van der Waals surface area (Å²) in [6.45, 7) is 4.55. The van der Waals surface area contributed by atoms with Crippen molar-refractivity contribution in [3.05, 3.63) is 53.9 Å². The number of rotatable bonds is 9. The molecule has 220 valence electrons. The maximum absolute atomic E-state index is 13.7. The number of anilines is 1. The van der Waals surface area contributed by atoms with Crippen molar-refractivity contribution in [1.29, 1.82) is 0 Å². The van der Waals surface area contributed by atoms with Crippen LogP contribution in [0.15, 0.2) is 42.7 Å². The van der Waals surface area contributed by atoms with Gasteiger partial charge in [-0.15, -0.1) is 0 Å². The average molecular weight is 584 g/mol. The van der Waals surface area contributed by atoms with Crippen molar-refractivity contribution in [2.24, 2.45) is 5.92 Å².